The molecule has 0 spiro atoms. The second-order valence-corrected chi connectivity index (χ2v) is 2.20. The minimum Gasteiger partial charge on any atom is -0.287 e. The summed E-state index contributed by atoms with van der Waals surface area (Å²) in [4.78, 5) is 0. The summed E-state index contributed by atoms with van der Waals surface area (Å²) in [5, 5.41) is 20.4. The van der Waals surface area contributed by atoms with Crippen LogP contribution in [0.25, 0.3) is 0 Å². The number of anilines is 1. The fraction of sp³-hybridized carbons (Fsp3) is 0. The number of aromatic nitrogens is 3. The minimum absolute atomic E-state index is 0.0200. The van der Waals surface area contributed by atoms with Crippen molar-refractivity contribution in [3.63, 3.8) is 0 Å². The smallest absolute Gasteiger partial charge is 0.181 e. The highest BCUT2D eigenvalue weighted by Crippen LogP contribution is 2.23. The first kappa shape index (κ1) is 7.98. The van der Waals surface area contributed by atoms with E-state index in [9.17, 15) is 0 Å². The SMILES string of the molecule is N#CNc1c(Cl)nnnc1Cl. The largest absolute Gasteiger partial charge is 0.287 e. The third-order valence-corrected chi connectivity index (χ3v) is 1.39. The monoisotopic (exact) mass is 189 g/mol. The Labute approximate surface area is 71.9 Å². The lowest BCUT2D eigenvalue weighted by Gasteiger charge is -1.97. The van der Waals surface area contributed by atoms with E-state index in [-0.39, 0.29) is 16.0 Å². The molecule has 11 heavy (non-hydrogen) atoms. The first-order valence-electron chi connectivity index (χ1n) is 2.45. The standard InChI is InChI=1S/C4HCl2N5/c5-3-2(8-1-7)4(6)10-11-9-3/h(H,8,11). The van der Waals surface area contributed by atoms with Crippen molar-refractivity contribution < 1.29 is 0 Å². The van der Waals surface area contributed by atoms with E-state index in [1.54, 1.807) is 6.19 Å². The van der Waals surface area contributed by atoms with Gasteiger partial charge in [0.15, 0.2) is 16.5 Å². The molecule has 0 amide bonds. The molecule has 0 aromatic carbocycles. The van der Waals surface area contributed by atoms with Crippen LogP contribution >= 0.6 is 23.2 Å². The first-order chi connectivity index (χ1) is 5.25. The van der Waals surface area contributed by atoms with Gasteiger partial charge >= 0.3 is 0 Å². The predicted molar refractivity (Wildman–Crippen MR) is 39.1 cm³/mol. The molecule has 1 N–H and O–H groups in total. The van der Waals surface area contributed by atoms with Crippen LogP contribution in [0, 0.1) is 11.5 Å². The molecule has 0 radical (unpaired) electrons. The Morgan fingerprint density at radius 3 is 2.27 bits per heavy atom. The van der Waals surface area contributed by atoms with E-state index in [0.717, 1.165) is 0 Å². The molecule has 0 bridgehead atoms. The van der Waals surface area contributed by atoms with E-state index >= 15 is 0 Å². The fourth-order valence-electron chi connectivity index (χ4n) is 0.445. The molecule has 0 saturated heterocycles. The van der Waals surface area contributed by atoms with Crippen LogP contribution in [-0.2, 0) is 0 Å². The maximum atomic E-state index is 8.21. The highest BCUT2D eigenvalue weighted by atomic mass is 35.5. The van der Waals surface area contributed by atoms with Gasteiger partial charge in [-0.1, -0.05) is 23.2 Å². The molecule has 0 aliphatic heterocycles. The summed E-state index contributed by atoms with van der Waals surface area (Å²) in [5.41, 5.74) is 0.172. The van der Waals surface area contributed by atoms with Crippen LogP contribution < -0.4 is 5.32 Å². The zero-order chi connectivity index (χ0) is 8.27. The quantitative estimate of drug-likeness (QED) is 0.529. The van der Waals surface area contributed by atoms with Crippen LogP contribution in [0.2, 0.25) is 10.3 Å². The number of nitrogens with one attached hydrogen (secondary N) is 1. The Hall–Kier alpha value is -1.12. The lowest BCUT2D eigenvalue weighted by Crippen LogP contribution is -1.96. The third kappa shape index (κ3) is 1.67. The maximum absolute atomic E-state index is 8.21. The topological polar surface area (TPSA) is 74.5 Å². The molecule has 1 aromatic rings. The molecule has 1 aromatic heterocycles. The van der Waals surface area contributed by atoms with E-state index < -0.39 is 0 Å². The van der Waals surface area contributed by atoms with Gasteiger partial charge in [-0.2, -0.15) is 5.26 Å². The van der Waals surface area contributed by atoms with E-state index in [1.165, 1.54) is 0 Å². The van der Waals surface area contributed by atoms with Gasteiger partial charge in [0.25, 0.3) is 0 Å². The Balaban J connectivity index is 3.12. The van der Waals surface area contributed by atoms with Crippen LogP contribution in [0.5, 0.6) is 0 Å². The average Bonchev–Trinajstić information content (AvgIpc) is 1.97. The Morgan fingerprint density at radius 2 is 1.82 bits per heavy atom. The van der Waals surface area contributed by atoms with Crippen LogP contribution in [-0.4, -0.2) is 15.4 Å². The van der Waals surface area contributed by atoms with Gasteiger partial charge in [0.05, 0.1) is 0 Å². The van der Waals surface area contributed by atoms with Gasteiger partial charge in [0.1, 0.15) is 5.69 Å². The molecule has 0 fully saturated rings. The summed E-state index contributed by atoms with van der Waals surface area (Å²) >= 11 is 11.0. The van der Waals surface area contributed by atoms with Crippen molar-refractivity contribution in [3.8, 4) is 6.19 Å². The summed E-state index contributed by atoms with van der Waals surface area (Å²) in [6.45, 7) is 0. The molecule has 56 valence electrons. The zero-order valence-electron chi connectivity index (χ0n) is 5.04. The molecule has 5 nitrogen and oxygen atoms in total. The summed E-state index contributed by atoms with van der Waals surface area (Å²) in [6.07, 6.45) is 1.64. The van der Waals surface area contributed by atoms with Gasteiger partial charge in [0, 0.05) is 0 Å². The summed E-state index contributed by atoms with van der Waals surface area (Å²) in [6, 6.07) is 0. The van der Waals surface area contributed by atoms with Crippen molar-refractivity contribution in [1.82, 2.24) is 15.4 Å². The predicted octanol–water partition coefficient (Wildman–Crippen LogP) is 1.07. The van der Waals surface area contributed by atoms with Gasteiger partial charge in [0.2, 0.25) is 0 Å². The molecule has 0 atom stereocenters. The average molecular weight is 190 g/mol. The Bertz CT molecular complexity index is 286. The Kier molecular flexibility index (Phi) is 2.41. The van der Waals surface area contributed by atoms with Crippen molar-refractivity contribution in [2.75, 3.05) is 5.32 Å². The molecular weight excluding hydrogens is 189 g/mol. The molecular formula is C4HCl2N5. The highest BCUT2D eigenvalue weighted by molar-refractivity contribution is 6.37. The number of hydrogen-bond acceptors (Lipinski definition) is 5. The van der Waals surface area contributed by atoms with Gasteiger partial charge < -0.3 is 0 Å². The lowest BCUT2D eigenvalue weighted by molar-refractivity contribution is 0.868. The van der Waals surface area contributed by atoms with Crippen molar-refractivity contribution in [2.45, 2.75) is 0 Å². The summed E-state index contributed by atoms with van der Waals surface area (Å²) in [7, 11) is 0. The number of rotatable bonds is 1. The van der Waals surface area contributed by atoms with Crippen LogP contribution in [0.1, 0.15) is 0 Å². The molecule has 1 rings (SSSR count). The van der Waals surface area contributed by atoms with Crippen molar-refractivity contribution in [2.24, 2.45) is 0 Å². The lowest BCUT2D eigenvalue weighted by atomic mass is 10.5. The van der Waals surface area contributed by atoms with Gasteiger partial charge in [-0.25, -0.2) is 0 Å². The molecule has 1 heterocycles. The first-order valence-corrected chi connectivity index (χ1v) is 3.20. The number of nitriles is 1. The minimum atomic E-state index is 0.0200. The summed E-state index contributed by atoms with van der Waals surface area (Å²) < 4.78 is 0. The van der Waals surface area contributed by atoms with Crippen molar-refractivity contribution >= 4 is 28.9 Å². The van der Waals surface area contributed by atoms with E-state index in [1.807, 2.05) is 0 Å². The number of halogens is 2. The van der Waals surface area contributed by atoms with Gasteiger partial charge in [-0.3, -0.25) is 5.32 Å². The van der Waals surface area contributed by atoms with Crippen LogP contribution in [0.4, 0.5) is 5.69 Å². The molecule has 0 aliphatic rings. The zero-order valence-corrected chi connectivity index (χ0v) is 6.56. The van der Waals surface area contributed by atoms with E-state index in [2.05, 4.69) is 20.7 Å². The fourth-order valence-corrected chi connectivity index (χ4v) is 0.835. The molecule has 0 saturated carbocycles. The van der Waals surface area contributed by atoms with Gasteiger partial charge in [-0.05, 0) is 5.21 Å². The molecule has 0 unspecified atom stereocenters. The maximum Gasteiger partial charge on any atom is 0.181 e. The summed E-state index contributed by atoms with van der Waals surface area (Å²) in [5.74, 6) is 0. The normalized spacial score (nSPS) is 8.82. The van der Waals surface area contributed by atoms with Crippen molar-refractivity contribution in [3.05, 3.63) is 10.3 Å². The molecule has 0 aliphatic carbocycles. The number of nitrogens with zero attached hydrogens (tertiary/aromatic N) is 4. The second-order valence-electron chi connectivity index (χ2n) is 1.48. The van der Waals surface area contributed by atoms with Gasteiger partial charge in [-0.15, -0.1) is 10.2 Å². The second kappa shape index (κ2) is 3.32. The number of hydrogen-bond donors (Lipinski definition) is 1. The van der Waals surface area contributed by atoms with Crippen molar-refractivity contribution in [1.29, 1.82) is 5.26 Å². The Morgan fingerprint density at radius 1 is 1.27 bits per heavy atom. The third-order valence-electron chi connectivity index (χ3n) is 0.859. The van der Waals surface area contributed by atoms with Crippen LogP contribution in [0.15, 0.2) is 0 Å². The van der Waals surface area contributed by atoms with E-state index in [4.69, 9.17) is 28.5 Å². The van der Waals surface area contributed by atoms with Crippen LogP contribution in [0.3, 0.4) is 0 Å². The molecule has 7 heteroatoms. The van der Waals surface area contributed by atoms with E-state index in [0.29, 0.717) is 0 Å². The highest BCUT2D eigenvalue weighted by Gasteiger charge is 2.07.